The van der Waals surface area contributed by atoms with Gasteiger partial charge in [-0.25, -0.2) is 0 Å². The molecule has 0 amide bonds. The number of benzene rings is 1. The quantitative estimate of drug-likeness (QED) is 0.863. The van der Waals surface area contributed by atoms with E-state index in [1.807, 2.05) is 24.3 Å². The molecule has 5 nitrogen and oxygen atoms in total. The van der Waals surface area contributed by atoms with Crippen molar-refractivity contribution in [2.75, 3.05) is 13.7 Å². The number of hydrogen-bond acceptors (Lipinski definition) is 4. The molecule has 2 aromatic rings. The lowest BCUT2D eigenvalue weighted by Crippen LogP contribution is -2.19. The molecule has 0 atom stereocenters. The monoisotopic (exact) mass is 260 g/mol. The van der Waals surface area contributed by atoms with E-state index < -0.39 is 0 Å². The summed E-state index contributed by atoms with van der Waals surface area (Å²) in [6.07, 6.45) is 1.78. The number of nitrogens with one attached hydrogen (secondary N) is 1. The third-order valence-electron chi connectivity index (χ3n) is 2.68. The molecule has 102 valence electrons. The number of nitrogens with zero attached hydrogens (tertiary/aromatic N) is 3. The van der Waals surface area contributed by atoms with Crippen molar-refractivity contribution in [3.63, 3.8) is 0 Å². The molecule has 1 aromatic carbocycles. The molecular formula is C14H20N4O. The van der Waals surface area contributed by atoms with Crippen LogP contribution < -0.4 is 10.1 Å². The first-order valence-electron chi connectivity index (χ1n) is 6.45. The average Bonchev–Trinajstić information content (AvgIpc) is 2.87. The number of rotatable bonds is 6. The van der Waals surface area contributed by atoms with E-state index in [-0.39, 0.29) is 0 Å². The fourth-order valence-electron chi connectivity index (χ4n) is 1.72. The summed E-state index contributed by atoms with van der Waals surface area (Å²) in [5.41, 5.74) is 1.83. The Morgan fingerprint density at radius 1 is 1.37 bits per heavy atom. The Morgan fingerprint density at radius 3 is 2.95 bits per heavy atom. The largest absolute Gasteiger partial charge is 0.497 e. The molecule has 0 saturated heterocycles. The van der Waals surface area contributed by atoms with E-state index in [1.165, 1.54) is 0 Å². The predicted octanol–water partition coefficient (Wildman–Crippen LogP) is 2.02. The molecule has 0 fully saturated rings. The second-order valence-electron chi connectivity index (χ2n) is 4.85. The zero-order valence-electron chi connectivity index (χ0n) is 11.6. The van der Waals surface area contributed by atoms with Crippen molar-refractivity contribution in [3.05, 3.63) is 36.2 Å². The highest BCUT2D eigenvalue weighted by Crippen LogP contribution is 2.14. The topological polar surface area (TPSA) is 52.0 Å². The third kappa shape index (κ3) is 3.79. The highest BCUT2D eigenvalue weighted by Gasteiger charge is 2.04. The second kappa shape index (κ2) is 6.33. The van der Waals surface area contributed by atoms with Crippen LogP contribution >= 0.6 is 0 Å². The first-order chi connectivity index (χ1) is 9.19. The Balaban J connectivity index is 2.03. The molecule has 5 heteroatoms. The van der Waals surface area contributed by atoms with E-state index in [0.717, 1.165) is 30.2 Å². The van der Waals surface area contributed by atoms with Crippen LogP contribution in [0.1, 0.15) is 19.5 Å². The Morgan fingerprint density at radius 2 is 2.21 bits per heavy atom. The van der Waals surface area contributed by atoms with Crippen LogP contribution in [-0.4, -0.2) is 28.6 Å². The summed E-state index contributed by atoms with van der Waals surface area (Å²) < 4.78 is 5.19. The van der Waals surface area contributed by atoms with Crippen molar-refractivity contribution < 1.29 is 4.74 Å². The Hall–Kier alpha value is -1.88. The minimum absolute atomic E-state index is 0.633. The van der Waals surface area contributed by atoms with Crippen molar-refractivity contribution in [2.24, 2.45) is 5.92 Å². The maximum atomic E-state index is 5.19. The first-order valence-corrected chi connectivity index (χ1v) is 6.45. The maximum absolute atomic E-state index is 5.19. The SMILES string of the molecule is COc1cccc(-n2ncc(CNCC(C)C)n2)c1. The van der Waals surface area contributed by atoms with Gasteiger partial charge >= 0.3 is 0 Å². The van der Waals surface area contributed by atoms with Gasteiger partial charge in [0, 0.05) is 12.6 Å². The summed E-state index contributed by atoms with van der Waals surface area (Å²) in [5, 5.41) is 12.1. The van der Waals surface area contributed by atoms with Gasteiger partial charge in [0.15, 0.2) is 0 Å². The van der Waals surface area contributed by atoms with Crippen LogP contribution in [-0.2, 0) is 6.54 Å². The highest BCUT2D eigenvalue weighted by molar-refractivity contribution is 5.37. The van der Waals surface area contributed by atoms with Crippen LogP contribution in [0, 0.1) is 5.92 Å². The molecule has 0 saturated carbocycles. The lowest BCUT2D eigenvalue weighted by atomic mass is 10.2. The predicted molar refractivity (Wildman–Crippen MR) is 74.5 cm³/mol. The molecular weight excluding hydrogens is 240 g/mol. The molecule has 0 radical (unpaired) electrons. The highest BCUT2D eigenvalue weighted by atomic mass is 16.5. The minimum atomic E-state index is 0.633. The van der Waals surface area contributed by atoms with Gasteiger partial charge in [-0.05, 0) is 24.6 Å². The fraction of sp³-hybridized carbons (Fsp3) is 0.429. The minimum Gasteiger partial charge on any atom is -0.497 e. The molecule has 1 N–H and O–H groups in total. The summed E-state index contributed by atoms with van der Waals surface area (Å²) in [4.78, 5) is 1.62. The smallest absolute Gasteiger partial charge is 0.121 e. The van der Waals surface area contributed by atoms with Gasteiger partial charge < -0.3 is 10.1 Å². The van der Waals surface area contributed by atoms with Crippen LogP contribution in [0.15, 0.2) is 30.5 Å². The van der Waals surface area contributed by atoms with E-state index in [0.29, 0.717) is 5.92 Å². The summed E-state index contributed by atoms with van der Waals surface area (Å²) in [5.74, 6) is 1.43. The number of aromatic nitrogens is 3. The Labute approximate surface area is 113 Å². The molecule has 0 aliphatic heterocycles. The van der Waals surface area contributed by atoms with Gasteiger partial charge in [-0.15, -0.1) is 0 Å². The van der Waals surface area contributed by atoms with Gasteiger partial charge in [0.1, 0.15) is 5.75 Å². The van der Waals surface area contributed by atoms with Crippen molar-refractivity contribution in [1.29, 1.82) is 0 Å². The third-order valence-corrected chi connectivity index (χ3v) is 2.68. The fourth-order valence-corrected chi connectivity index (χ4v) is 1.72. The number of methoxy groups -OCH3 is 1. The normalized spacial score (nSPS) is 10.9. The van der Waals surface area contributed by atoms with Crippen LogP contribution in [0.25, 0.3) is 5.69 Å². The summed E-state index contributed by atoms with van der Waals surface area (Å²) >= 11 is 0. The van der Waals surface area contributed by atoms with Gasteiger partial charge in [0.05, 0.1) is 24.7 Å². The average molecular weight is 260 g/mol. The first kappa shape index (κ1) is 13.5. The van der Waals surface area contributed by atoms with E-state index in [4.69, 9.17) is 4.74 Å². The lowest BCUT2D eigenvalue weighted by molar-refractivity contribution is 0.414. The Bertz CT molecular complexity index is 522. The molecule has 19 heavy (non-hydrogen) atoms. The second-order valence-corrected chi connectivity index (χ2v) is 4.85. The molecule has 0 aliphatic carbocycles. The summed E-state index contributed by atoms with van der Waals surface area (Å²) in [6, 6.07) is 7.69. The van der Waals surface area contributed by atoms with E-state index >= 15 is 0 Å². The summed E-state index contributed by atoms with van der Waals surface area (Å²) in [6.45, 7) is 6.08. The zero-order chi connectivity index (χ0) is 13.7. The van der Waals surface area contributed by atoms with Gasteiger partial charge in [-0.2, -0.15) is 15.0 Å². The van der Waals surface area contributed by atoms with Gasteiger partial charge in [-0.1, -0.05) is 19.9 Å². The van der Waals surface area contributed by atoms with Crippen LogP contribution in [0.4, 0.5) is 0 Å². The molecule has 0 bridgehead atoms. The van der Waals surface area contributed by atoms with Gasteiger partial charge in [0.2, 0.25) is 0 Å². The van der Waals surface area contributed by atoms with Crippen LogP contribution in [0.5, 0.6) is 5.75 Å². The molecule has 1 aromatic heterocycles. The molecule has 0 unspecified atom stereocenters. The standard InChI is InChI=1S/C14H20N4O/c1-11(2)8-15-9-12-10-16-18(17-12)13-5-4-6-14(7-13)19-3/h4-7,10-11,15H,8-9H2,1-3H3. The number of ether oxygens (including phenoxy) is 1. The van der Waals surface area contributed by atoms with Crippen molar-refractivity contribution >= 4 is 0 Å². The van der Waals surface area contributed by atoms with E-state index in [1.54, 1.807) is 18.1 Å². The van der Waals surface area contributed by atoms with Crippen LogP contribution in [0.2, 0.25) is 0 Å². The molecule has 1 heterocycles. The molecule has 0 spiro atoms. The van der Waals surface area contributed by atoms with Gasteiger partial charge in [0.25, 0.3) is 0 Å². The molecule has 0 aliphatic rings. The molecule has 2 rings (SSSR count). The number of hydrogen-bond donors (Lipinski definition) is 1. The van der Waals surface area contributed by atoms with Gasteiger partial charge in [-0.3, -0.25) is 0 Å². The maximum Gasteiger partial charge on any atom is 0.121 e. The van der Waals surface area contributed by atoms with E-state index in [2.05, 4.69) is 29.4 Å². The van der Waals surface area contributed by atoms with Crippen molar-refractivity contribution in [2.45, 2.75) is 20.4 Å². The van der Waals surface area contributed by atoms with E-state index in [9.17, 15) is 0 Å². The Kier molecular flexibility index (Phi) is 4.52. The van der Waals surface area contributed by atoms with Crippen molar-refractivity contribution in [3.8, 4) is 11.4 Å². The summed E-state index contributed by atoms with van der Waals surface area (Å²) in [7, 11) is 1.65. The zero-order valence-corrected chi connectivity index (χ0v) is 11.6. The van der Waals surface area contributed by atoms with Crippen LogP contribution in [0.3, 0.4) is 0 Å². The lowest BCUT2D eigenvalue weighted by Gasteiger charge is -2.05. The van der Waals surface area contributed by atoms with Crippen molar-refractivity contribution in [1.82, 2.24) is 20.3 Å².